The van der Waals surface area contributed by atoms with Crippen LogP contribution in [0.5, 0.6) is 0 Å². The number of aromatic nitrogens is 1. The molecule has 1 aliphatic heterocycles. The van der Waals surface area contributed by atoms with Crippen LogP contribution in [-0.2, 0) is 10.0 Å². The van der Waals surface area contributed by atoms with Gasteiger partial charge in [0.15, 0.2) is 0 Å². The van der Waals surface area contributed by atoms with Crippen molar-refractivity contribution < 1.29 is 8.42 Å². The van der Waals surface area contributed by atoms with Gasteiger partial charge in [0.25, 0.3) is 0 Å². The molecule has 1 saturated heterocycles. The quantitative estimate of drug-likeness (QED) is 0.796. The van der Waals surface area contributed by atoms with Gasteiger partial charge in [-0.1, -0.05) is 18.2 Å². The number of nitrogens with zero attached hydrogens (tertiary/aromatic N) is 2. The highest BCUT2D eigenvalue weighted by Crippen LogP contribution is 2.24. The van der Waals surface area contributed by atoms with Gasteiger partial charge in [0.05, 0.1) is 4.90 Å². The molecule has 1 aliphatic rings. The van der Waals surface area contributed by atoms with Crippen LogP contribution in [0.2, 0.25) is 0 Å². The number of piperidine rings is 1. The Hall–Kier alpha value is -1.44. The van der Waals surface area contributed by atoms with E-state index in [2.05, 4.69) is 26.2 Å². The predicted molar refractivity (Wildman–Crippen MR) is 103 cm³/mol. The van der Waals surface area contributed by atoms with Gasteiger partial charge in [-0.25, -0.2) is 13.4 Å². The van der Waals surface area contributed by atoms with Crippen molar-refractivity contribution in [2.24, 2.45) is 5.92 Å². The number of anilines is 1. The Balaban J connectivity index is 1.55. The molecule has 2 aromatic rings. The Kier molecular flexibility index (Phi) is 5.76. The number of rotatable bonds is 5. The van der Waals surface area contributed by atoms with E-state index in [1.54, 1.807) is 34.8 Å². The maximum Gasteiger partial charge on any atom is 0.243 e. The van der Waals surface area contributed by atoms with Crippen LogP contribution in [0.1, 0.15) is 18.4 Å². The van der Waals surface area contributed by atoms with E-state index in [0.717, 1.165) is 35.2 Å². The minimum atomic E-state index is -3.37. The molecule has 0 atom stereocenters. The SMILES string of the molecule is Cc1cc(Br)cnc1NCC1CCN(S(=O)(=O)c2ccccc2)CC1. The zero-order valence-electron chi connectivity index (χ0n) is 14.2. The molecule has 0 unspecified atom stereocenters. The second-order valence-electron chi connectivity index (χ2n) is 6.36. The molecule has 0 amide bonds. The third kappa shape index (κ3) is 4.40. The van der Waals surface area contributed by atoms with Crippen molar-refractivity contribution in [3.63, 3.8) is 0 Å². The molecule has 1 aromatic heterocycles. The number of pyridine rings is 1. The first-order chi connectivity index (χ1) is 12.0. The number of nitrogens with one attached hydrogen (secondary N) is 1. The van der Waals surface area contributed by atoms with Gasteiger partial charge in [-0.2, -0.15) is 4.31 Å². The third-order valence-corrected chi connectivity index (χ3v) is 6.90. The van der Waals surface area contributed by atoms with Crippen molar-refractivity contribution >= 4 is 31.8 Å². The number of hydrogen-bond donors (Lipinski definition) is 1. The molecule has 134 valence electrons. The Bertz CT molecular complexity index is 819. The molecule has 1 N–H and O–H groups in total. The Morgan fingerprint density at radius 1 is 1.24 bits per heavy atom. The van der Waals surface area contributed by atoms with Gasteiger partial charge in [-0.15, -0.1) is 0 Å². The van der Waals surface area contributed by atoms with Gasteiger partial charge in [0.2, 0.25) is 10.0 Å². The summed E-state index contributed by atoms with van der Waals surface area (Å²) in [6, 6.07) is 10.7. The van der Waals surface area contributed by atoms with Crippen LogP contribution in [0.4, 0.5) is 5.82 Å². The molecule has 0 spiro atoms. The van der Waals surface area contributed by atoms with Gasteiger partial charge >= 0.3 is 0 Å². The first-order valence-corrected chi connectivity index (χ1v) is 10.6. The zero-order valence-corrected chi connectivity index (χ0v) is 16.6. The van der Waals surface area contributed by atoms with Crippen LogP contribution in [0, 0.1) is 12.8 Å². The number of aryl methyl sites for hydroxylation is 1. The normalized spacial score (nSPS) is 16.7. The van der Waals surface area contributed by atoms with Gasteiger partial charge in [-0.05, 0) is 65.4 Å². The fourth-order valence-corrected chi connectivity index (χ4v) is 5.00. The minimum Gasteiger partial charge on any atom is -0.370 e. The Morgan fingerprint density at radius 2 is 1.92 bits per heavy atom. The molecule has 7 heteroatoms. The standard InChI is InChI=1S/C18H22BrN3O2S/c1-14-11-16(19)13-21-18(14)20-12-15-7-9-22(10-8-15)25(23,24)17-5-3-2-4-6-17/h2-6,11,13,15H,7-10,12H2,1H3,(H,20,21). The largest absolute Gasteiger partial charge is 0.370 e. The number of benzene rings is 1. The summed E-state index contributed by atoms with van der Waals surface area (Å²) >= 11 is 3.42. The average molecular weight is 424 g/mol. The molecular formula is C18H22BrN3O2S. The first kappa shape index (κ1) is 18.4. The average Bonchev–Trinajstić information content (AvgIpc) is 2.62. The summed E-state index contributed by atoms with van der Waals surface area (Å²) in [5.74, 6) is 1.34. The summed E-state index contributed by atoms with van der Waals surface area (Å²) in [5, 5.41) is 3.40. The van der Waals surface area contributed by atoms with Gasteiger partial charge < -0.3 is 5.32 Å². The Morgan fingerprint density at radius 3 is 2.56 bits per heavy atom. The lowest BCUT2D eigenvalue weighted by molar-refractivity contribution is 0.282. The lowest BCUT2D eigenvalue weighted by Gasteiger charge is -2.31. The second-order valence-corrected chi connectivity index (χ2v) is 9.21. The molecule has 2 heterocycles. The van der Waals surface area contributed by atoms with Gasteiger partial charge in [-0.3, -0.25) is 0 Å². The molecule has 3 rings (SSSR count). The van der Waals surface area contributed by atoms with Crippen molar-refractivity contribution in [1.29, 1.82) is 0 Å². The van der Waals surface area contributed by atoms with Crippen LogP contribution in [-0.4, -0.2) is 37.3 Å². The maximum atomic E-state index is 12.6. The van der Waals surface area contributed by atoms with Gasteiger partial charge in [0, 0.05) is 30.3 Å². The highest BCUT2D eigenvalue weighted by atomic mass is 79.9. The summed E-state index contributed by atoms with van der Waals surface area (Å²) in [4.78, 5) is 4.77. The third-order valence-electron chi connectivity index (χ3n) is 4.56. The van der Waals surface area contributed by atoms with E-state index in [1.807, 2.05) is 19.1 Å². The fraction of sp³-hybridized carbons (Fsp3) is 0.389. The summed E-state index contributed by atoms with van der Waals surface area (Å²) in [7, 11) is -3.37. The van der Waals surface area contributed by atoms with Crippen molar-refractivity contribution in [3.05, 3.63) is 52.6 Å². The molecule has 1 aromatic carbocycles. The van der Waals surface area contributed by atoms with Gasteiger partial charge in [0.1, 0.15) is 5.82 Å². The van der Waals surface area contributed by atoms with Crippen molar-refractivity contribution in [2.75, 3.05) is 25.0 Å². The minimum absolute atomic E-state index is 0.376. The van der Waals surface area contributed by atoms with Crippen LogP contribution >= 0.6 is 15.9 Å². The Labute approximate surface area is 157 Å². The lowest BCUT2D eigenvalue weighted by Crippen LogP contribution is -2.39. The molecule has 0 bridgehead atoms. The second kappa shape index (κ2) is 7.85. The number of sulfonamides is 1. The molecular weight excluding hydrogens is 402 g/mol. The van der Waals surface area contributed by atoms with E-state index in [-0.39, 0.29) is 0 Å². The molecule has 0 radical (unpaired) electrons. The highest BCUT2D eigenvalue weighted by Gasteiger charge is 2.29. The summed E-state index contributed by atoms with van der Waals surface area (Å²) in [5.41, 5.74) is 1.10. The topological polar surface area (TPSA) is 62.3 Å². The molecule has 5 nitrogen and oxygen atoms in total. The smallest absolute Gasteiger partial charge is 0.243 e. The summed E-state index contributed by atoms with van der Waals surface area (Å²) in [6.07, 6.45) is 3.49. The van der Waals surface area contributed by atoms with Crippen molar-refractivity contribution in [2.45, 2.75) is 24.7 Å². The maximum absolute atomic E-state index is 12.6. The van der Waals surface area contributed by atoms with E-state index < -0.39 is 10.0 Å². The summed E-state index contributed by atoms with van der Waals surface area (Å²) in [6.45, 7) is 3.97. The monoisotopic (exact) mass is 423 g/mol. The lowest BCUT2D eigenvalue weighted by atomic mass is 9.98. The van der Waals surface area contributed by atoms with E-state index >= 15 is 0 Å². The van der Waals surface area contributed by atoms with Crippen LogP contribution in [0.25, 0.3) is 0 Å². The molecule has 1 fully saturated rings. The first-order valence-electron chi connectivity index (χ1n) is 8.38. The van der Waals surface area contributed by atoms with Crippen molar-refractivity contribution in [1.82, 2.24) is 9.29 Å². The van der Waals surface area contributed by atoms with Crippen LogP contribution in [0.3, 0.4) is 0 Å². The van der Waals surface area contributed by atoms with Crippen LogP contribution in [0.15, 0.2) is 52.0 Å². The predicted octanol–water partition coefficient (Wildman–Crippen LogP) is 3.67. The van der Waals surface area contributed by atoms with Crippen molar-refractivity contribution in [3.8, 4) is 0 Å². The van der Waals surface area contributed by atoms with Crippen LogP contribution < -0.4 is 5.32 Å². The molecule has 0 aliphatic carbocycles. The van der Waals surface area contributed by atoms with E-state index in [0.29, 0.717) is 23.9 Å². The fourth-order valence-electron chi connectivity index (χ4n) is 3.06. The van der Waals surface area contributed by atoms with E-state index in [9.17, 15) is 8.42 Å². The highest BCUT2D eigenvalue weighted by molar-refractivity contribution is 9.10. The zero-order chi connectivity index (χ0) is 17.9. The number of hydrogen-bond acceptors (Lipinski definition) is 4. The summed E-state index contributed by atoms with van der Waals surface area (Å²) < 4.78 is 27.9. The van der Waals surface area contributed by atoms with E-state index in [1.165, 1.54) is 0 Å². The molecule has 0 saturated carbocycles. The van der Waals surface area contributed by atoms with E-state index in [4.69, 9.17) is 0 Å². The molecule has 25 heavy (non-hydrogen) atoms. The number of halogens is 1.